The molecule has 1 atom stereocenters. The number of rotatable bonds is 9. The second kappa shape index (κ2) is 10.8. The Balaban J connectivity index is 1.98. The number of hydrogen-bond donors (Lipinski definition) is 1. The lowest BCUT2D eigenvalue weighted by Gasteiger charge is -2.21. The van der Waals surface area contributed by atoms with Crippen LogP contribution >= 0.6 is 23.1 Å². The second-order valence-corrected chi connectivity index (χ2v) is 10.3. The normalized spacial score (nSPS) is 12.5. The predicted octanol–water partition coefficient (Wildman–Crippen LogP) is 5.13. The summed E-state index contributed by atoms with van der Waals surface area (Å²) in [5.74, 6) is -0.360. The molecule has 0 saturated heterocycles. The van der Waals surface area contributed by atoms with Crippen LogP contribution in [0.15, 0.2) is 46.7 Å². The maximum Gasteiger partial charge on any atom is 0.339 e. The lowest BCUT2D eigenvalue weighted by atomic mass is 9.91. The molecule has 0 aliphatic heterocycles. The molecule has 1 aromatic carbocycles. The highest BCUT2D eigenvalue weighted by Crippen LogP contribution is 2.27. The molecule has 0 spiro atoms. The van der Waals surface area contributed by atoms with Gasteiger partial charge in [-0.3, -0.25) is 9.59 Å². The molecule has 2 aromatic rings. The number of nitrogens with one attached hydrogen (secondary N) is 1. The van der Waals surface area contributed by atoms with Crippen molar-refractivity contribution in [2.75, 3.05) is 12.4 Å². The highest BCUT2D eigenvalue weighted by molar-refractivity contribution is 8.00. The molecule has 0 bridgehead atoms. The van der Waals surface area contributed by atoms with Crippen LogP contribution < -0.4 is 5.32 Å². The Morgan fingerprint density at radius 1 is 1.10 bits per heavy atom. The molecule has 1 N–H and O–H groups in total. The van der Waals surface area contributed by atoms with E-state index in [9.17, 15) is 14.4 Å². The van der Waals surface area contributed by atoms with E-state index in [4.69, 9.17) is 4.74 Å². The third-order valence-electron chi connectivity index (χ3n) is 4.47. The number of Topliss-reactive ketones (excluding diaryl/α,β-unsaturated/α-hetero) is 1. The zero-order valence-electron chi connectivity index (χ0n) is 18.1. The van der Waals surface area contributed by atoms with Gasteiger partial charge < -0.3 is 10.1 Å². The molecule has 0 radical (unpaired) electrons. The SMILES string of the molecule is CC(C)C(NC(=O)CSc1ccccc1C(=O)OCC(=O)C(C)(C)C)c1cccs1. The van der Waals surface area contributed by atoms with Gasteiger partial charge >= 0.3 is 5.97 Å². The Labute approximate surface area is 186 Å². The van der Waals surface area contributed by atoms with E-state index in [0.717, 1.165) is 4.88 Å². The number of esters is 1. The maximum absolute atomic E-state index is 12.5. The summed E-state index contributed by atoms with van der Waals surface area (Å²) in [5, 5.41) is 5.08. The van der Waals surface area contributed by atoms with E-state index >= 15 is 0 Å². The van der Waals surface area contributed by atoms with E-state index in [-0.39, 0.29) is 36.0 Å². The topological polar surface area (TPSA) is 72.5 Å². The minimum absolute atomic E-state index is 0.0401. The Morgan fingerprint density at radius 3 is 2.40 bits per heavy atom. The monoisotopic (exact) mass is 447 g/mol. The second-order valence-electron chi connectivity index (χ2n) is 8.34. The Hall–Kier alpha value is -2.12. The van der Waals surface area contributed by atoms with Crippen molar-refractivity contribution in [2.24, 2.45) is 11.3 Å². The summed E-state index contributed by atoms with van der Waals surface area (Å²) in [6.45, 7) is 9.23. The summed E-state index contributed by atoms with van der Waals surface area (Å²) in [6.07, 6.45) is 0. The fourth-order valence-electron chi connectivity index (χ4n) is 2.58. The van der Waals surface area contributed by atoms with E-state index in [1.54, 1.807) is 56.4 Å². The van der Waals surface area contributed by atoms with Crippen molar-refractivity contribution in [1.29, 1.82) is 0 Å². The quantitative estimate of drug-likeness (QED) is 0.426. The van der Waals surface area contributed by atoms with Crippen LogP contribution in [0.25, 0.3) is 0 Å². The molecule has 0 saturated carbocycles. The van der Waals surface area contributed by atoms with Crippen LogP contribution in [0.1, 0.15) is 55.9 Å². The molecule has 1 aromatic heterocycles. The number of thioether (sulfide) groups is 1. The van der Waals surface area contributed by atoms with Crippen molar-refractivity contribution in [3.63, 3.8) is 0 Å². The third kappa shape index (κ3) is 6.99. The summed E-state index contributed by atoms with van der Waals surface area (Å²) in [7, 11) is 0. The molecule has 1 amide bonds. The minimum Gasteiger partial charge on any atom is -0.454 e. The third-order valence-corrected chi connectivity index (χ3v) is 6.50. The lowest BCUT2D eigenvalue weighted by Crippen LogP contribution is -2.32. The summed E-state index contributed by atoms with van der Waals surface area (Å²) >= 11 is 2.90. The first-order valence-corrected chi connectivity index (χ1v) is 11.7. The molecule has 30 heavy (non-hydrogen) atoms. The minimum atomic E-state index is -0.567. The van der Waals surface area contributed by atoms with Crippen molar-refractivity contribution < 1.29 is 19.1 Å². The predicted molar refractivity (Wildman–Crippen MR) is 122 cm³/mol. The van der Waals surface area contributed by atoms with Crippen molar-refractivity contribution in [1.82, 2.24) is 5.32 Å². The van der Waals surface area contributed by atoms with Gasteiger partial charge in [-0.15, -0.1) is 23.1 Å². The fraction of sp³-hybridized carbons (Fsp3) is 0.435. The summed E-state index contributed by atoms with van der Waals surface area (Å²) in [5.41, 5.74) is -0.210. The van der Waals surface area contributed by atoms with Crippen molar-refractivity contribution >= 4 is 40.8 Å². The number of carbonyl (C=O) groups excluding carboxylic acids is 3. The maximum atomic E-state index is 12.5. The summed E-state index contributed by atoms with van der Waals surface area (Å²) in [6, 6.07) is 10.9. The summed E-state index contributed by atoms with van der Waals surface area (Å²) in [4.78, 5) is 38.8. The first-order chi connectivity index (χ1) is 14.1. The van der Waals surface area contributed by atoms with E-state index in [2.05, 4.69) is 19.2 Å². The number of hydrogen-bond acceptors (Lipinski definition) is 6. The van der Waals surface area contributed by atoms with Gasteiger partial charge in [-0.1, -0.05) is 52.8 Å². The first kappa shape index (κ1) is 24.2. The largest absolute Gasteiger partial charge is 0.454 e. The number of carbonyl (C=O) groups is 3. The highest BCUT2D eigenvalue weighted by Gasteiger charge is 2.24. The molecule has 0 aliphatic rings. The van der Waals surface area contributed by atoms with Gasteiger partial charge in [-0.25, -0.2) is 4.79 Å². The molecule has 2 rings (SSSR count). The molecule has 1 heterocycles. The highest BCUT2D eigenvalue weighted by atomic mass is 32.2. The molecule has 162 valence electrons. The number of ether oxygens (including phenoxy) is 1. The van der Waals surface area contributed by atoms with Crippen LogP contribution in [-0.4, -0.2) is 30.0 Å². The van der Waals surface area contributed by atoms with Crippen LogP contribution in [0.2, 0.25) is 0 Å². The van der Waals surface area contributed by atoms with Crippen molar-refractivity contribution in [3.05, 3.63) is 52.2 Å². The molecule has 1 unspecified atom stereocenters. The zero-order valence-corrected chi connectivity index (χ0v) is 19.7. The molecule has 7 heteroatoms. The molecular weight excluding hydrogens is 418 g/mol. The van der Waals surface area contributed by atoms with Gasteiger partial charge in [0.25, 0.3) is 0 Å². The number of amides is 1. The van der Waals surface area contributed by atoms with Gasteiger partial charge in [0, 0.05) is 15.2 Å². The van der Waals surface area contributed by atoms with Gasteiger partial charge in [0.15, 0.2) is 12.4 Å². The fourth-order valence-corrected chi connectivity index (χ4v) is 4.38. The van der Waals surface area contributed by atoms with E-state index in [0.29, 0.717) is 10.5 Å². The molecule has 0 fully saturated rings. The molecular formula is C23H29NO4S2. The van der Waals surface area contributed by atoms with E-state index in [1.165, 1.54) is 11.8 Å². The van der Waals surface area contributed by atoms with Gasteiger partial charge in [0.2, 0.25) is 5.91 Å². The van der Waals surface area contributed by atoms with Crippen LogP contribution in [-0.2, 0) is 14.3 Å². The average Bonchev–Trinajstić information content (AvgIpc) is 3.22. The van der Waals surface area contributed by atoms with Crippen LogP contribution in [0.5, 0.6) is 0 Å². The number of ketones is 1. The van der Waals surface area contributed by atoms with Gasteiger partial charge in [-0.05, 0) is 29.5 Å². The Bertz CT molecular complexity index is 870. The number of thiophene rings is 1. The lowest BCUT2D eigenvalue weighted by molar-refractivity contribution is -0.129. The van der Waals surface area contributed by atoms with Crippen LogP contribution in [0, 0.1) is 11.3 Å². The Kier molecular flexibility index (Phi) is 8.67. The molecule has 0 aliphatic carbocycles. The molecule has 5 nitrogen and oxygen atoms in total. The zero-order chi connectivity index (χ0) is 22.3. The van der Waals surface area contributed by atoms with Crippen molar-refractivity contribution in [2.45, 2.75) is 45.6 Å². The number of benzene rings is 1. The van der Waals surface area contributed by atoms with E-state index in [1.807, 2.05) is 17.5 Å². The Morgan fingerprint density at radius 2 is 1.80 bits per heavy atom. The smallest absolute Gasteiger partial charge is 0.339 e. The van der Waals surface area contributed by atoms with Gasteiger partial charge in [0.1, 0.15) is 0 Å². The van der Waals surface area contributed by atoms with Gasteiger partial charge in [0.05, 0.1) is 17.4 Å². The summed E-state index contributed by atoms with van der Waals surface area (Å²) < 4.78 is 5.21. The first-order valence-electron chi connectivity index (χ1n) is 9.84. The van der Waals surface area contributed by atoms with Crippen molar-refractivity contribution in [3.8, 4) is 0 Å². The van der Waals surface area contributed by atoms with Gasteiger partial charge in [-0.2, -0.15) is 0 Å². The average molecular weight is 448 g/mol. The van der Waals surface area contributed by atoms with E-state index < -0.39 is 11.4 Å². The standard InChI is InChI=1S/C23H29NO4S2/c1-15(2)21(18-11-8-12-29-18)24-20(26)14-30-17-10-7-6-9-16(17)22(27)28-13-19(25)23(3,4)5/h6-12,15,21H,13-14H2,1-5H3,(H,24,26). The van der Waals surface area contributed by atoms with Crippen LogP contribution in [0.3, 0.4) is 0 Å². The van der Waals surface area contributed by atoms with Crippen LogP contribution in [0.4, 0.5) is 0 Å².